The zero-order chi connectivity index (χ0) is 16.9. The van der Waals surface area contributed by atoms with Crippen molar-refractivity contribution in [2.45, 2.75) is 25.3 Å². The second kappa shape index (κ2) is 8.65. The molecule has 0 spiro atoms. The Morgan fingerprint density at radius 1 is 0.960 bits per heavy atom. The number of halogens is 1. The van der Waals surface area contributed by atoms with Crippen LogP contribution in [0.15, 0.2) is 54.6 Å². The van der Waals surface area contributed by atoms with E-state index in [4.69, 9.17) is 5.73 Å². The van der Waals surface area contributed by atoms with Gasteiger partial charge < -0.3 is 16.4 Å². The van der Waals surface area contributed by atoms with E-state index in [1.807, 2.05) is 30.3 Å². The summed E-state index contributed by atoms with van der Waals surface area (Å²) in [5.74, 6) is 0.00523. The molecule has 4 N–H and O–H groups in total. The average Bonchev–Trinajstić information content (AvgIpc) is 3.42. The van der Waals surface area contributed by atoms with Gasteiger partial charge in [0.25, 0.3) is 0 Å². The van der Waals surface area contributed by atoms with E-state index >= 15 is 0 Å². The maximum atomic E-state index is 12.2. The fourth-order valence-corrected chi connectivity index (χ4v) is 2.42. The lowest BCUT2D eigenvalue weighted by Crippen LogP contribution is -2.37. The van der Waals surface area contributed by atoms with Gasteiger partial charge in [0, 0.05) is 17.3 Å². The molecule has 1 aliphatic carbocycles. The Labute approximate surface area is 153 Å². The molecular formula is C19H22ClN3O2. The smallest absolute Gasteiger partial charge is 0.241 e. The number of hydrogen-bond acceptors (Lipinski definition) is 3. The highest BCUT2D eigenvalue weighted by Gasteiger charge is 2.29. The van der Waals surface area contributed by atoms with E-state index in [0.717, 1.165) is 24.1 Å². The fourth-order valence-electron chi connectivity index (χ4n) is 2.42. The highest BCUT2D eigenvalue weighted by Crippen LogP contribution is 2.30. The zero-order valence-electron chi connectivity index (χ0n) is 13.8. The second-order valence-electron chi connectivity index (χ2n) is 6.13. The first-order valence-electron chi connectivity index (χ1n) is 8.13. The van der Waals surface area contributed by atoms with Crippen molar-refractivity contribution in [1.29, 1.82) is 0 Å². The molecule has 1 atom stereocenters. The van der Waals surface area contributed by atoms with Crippen molar-refractivity contribution in [1.82, 2.24) is 0 Å². The minimum absolute atomic E-state index is 0. The number of anilines is 2. The van der Waals surface area contributed by atoms with Gasteiger partial charge in [0.15, 0.2) is 0 Å². The second-order valence-corrected chi connectivity index (χ2v) is 6.13. The largest absolute Gasteiger partial charge is 0.326 e. The van der Waals surface area contributed by atoms with Crippen LogP contribution in [0.2, 0.25) is 0 Å². The molecule has 25 heavy (non-hydrogen) atoms. The number of benzene rings is 2. The van der Waals surface area contributed by atoms with Crippen molar-refractivity contribution in [3.05, 3.63) is 60.2 Å². The van der Waals surface area contributed by atoms with Crippen LogP contribution in [0.3, 0.4) is 0 Å². The minimum atomic E-state index is -0.610. The Morgan fingerprint density at radius 2 is 1.52 bits per heavy atom. The van der Waals surface area contributed by atoms with Gasteiger partial charge in [-0.1, -0.05) is 30.3 Å². The summed E-state index contributed by atoms with van der Waals surface area (Å²) in [5, 5.41) is 5.66. The van der Waals surface area contributed by atoms with E-state index in [0.29, 0.717) is 12.1 Å². The van der Waals surface area contributed by atoms with Crippen LogP contribution < -0.4 is 16.4 Å². The van der Waals surface area contributed by atoms with Crippen molar-refractivity contribution in [2.75, 3.05) is 10.6 Å². The topological polar surface area (TPSA) is 84.2 Å². The monoisotopic (exact) mass is 359 g/mol. The van der Waals surface area contributed by atoms with Crippen molar-refractivity contribution >= 4 is 35.6 Å². The summed E-state index contributed by atoms with van der Waals surface area (Å²) < 4.78 is 0. The molecule has 5 nitrogen and oxygen atoms in total. The maximum absolute atomic E-state index is 12.2. The number of amides is 2. The van der Waals surface area contributed by atoms with Crippen molar-refractivity contribution < 1.29 is 9.59 Å². The molecule has 3 rings (SSSR count). The summed E-state index contributed by atoms with van der Waals surface area (Å²) in [6.07, 6.45) is 2.43. The first-order valence-corrected chi connectivity index (χ1v) is 8.13. The third kappa shape index (κ3) is 5.59. The normalized spacial score (nSPS) is 14.1. The van der Waals surface area contributed by atoms with Crippen LogP contribution in [-0.2, 0) is 16.0 Å². The molecule has 1 fully saturated rings. The standard InChI is InChI=1S/C19H21N3O2.ClH/c20-17(12-13-4-2-1-3-5-13)19(24)22-16-10-8-15(9-11-16)21-18(23)14-6-7-14;/h1-5,8-11,14,17H,6-7,12,20H2,(H,21,23)(H,22,24);1H. The van der Waals surface area contributed by atoms with Crippen LogP contribution in [0.5, 0.6) is 0 Å². The quantitative estimate of drug-likeness (QED) is 0.741. The lowest BCUT2D eigenvalue weighted by Gasteiger charge is -2.13. The Kier molecular flexibility index (Phi) is 6.56. The van der Waals surface area contributed by atoms with Crippen LogP contribution in [-0.4, -0.2) is 17.9 Å². The third-order valence-electron chi connectivity index (χ3n) is 4.00. The molecule has 132 valence electrons. The molecule has 6 heteroatoms. The summed E-state index contributed by atoms with van der Waals surface area (Å²) in [6.45, 7) is 0. The molecule has 1 aliphatic rings. The molecule has 0 radical (unpaired) electrons. The first-order chi connectivity index (χ1) is 11.6. The number of rotatable bonds is 6. The molecule has 2 amide bonds. The minimum Gasteiger partial charge on any atom is -0.326 e. The van der Waals surface area contributed by atoms with Crippen molar-refractivity contribution in [2.24, 2.45) is 11.7 Å². The predicted octanol–water partition coefficient (Wildman–Crippen LogP) is 2.97. The van der Waals surface area contributed by atoms with Crippen LogP contribution in [0, 0.1) is 5.92 Å². The Hall–Kier alpha value is -2.37. The van der Waals surface area contributed by atoms with Crippen LogP contribution in [0.25, 0.3) is 0 Å². The zero-order valence-corrected chi connectivity index (χ0v) is 14.6. The van der Waals surface area contributed by atoms with E-state index in [1.165, 1.54) is 0 Å². The maximum Gasteiger partial charge on any atom is 0.241 e. The summed E-state index contributed by atoms with van der Waals surface area (Å²) in [4.78, 5) is 23.9. The molecule has 0 bridgehead atoms. The fraction of sp³-hybridized carbons (Fsp3) is 0.263. The van der Waals surface area contributed by atoms with E-state index in [9.17, 15) is 9.59 Å². The van der Waals surface area contributed by atoms with Gasteiger partial charge in [-0.05, 0) is 49.1 Å². The lowest BCUT2D eigenvalue weighted by atomic mass is 10.1. The molecule has 0 heterocycles. The Morgan fingerprint density at radius 3 is 2.08 bits per heavy atom. The summed E-state index contributed by atoms with van der Waals surface area (Å²) in [7, 11) is 0. The lowest BCUT2D eigenvalue weighted by molar-refractivity contribution is -0.118. The molecule has 0 saturated heterocycles. The number of hydrogen-bond donors (Lipinski definition) is 3. The predicted molar refractivity (Wildman–Crippen MR) is 102 cm³/mol. The molecule has 2 aromatic carbocycles. The van der Waals surface area contributed by atoms with Crippen LogP contribution >= 0.6 is 12.4 Å². The van der Waals surface area contributed by atoms with Gasteiger partial charge in [0.1, 0.15) is 0 Å². The van der Waals surface area contributed by atoms with E-state index in [2.05, 4.69) is 10.6 Å². The summed E-state index contributed by atoms with van der Waals surface area (Å²) >= 11 is 0. The molecule has 0 aliphatic heterocycles. The average molecular weight is 360 g/mol. The van der Waals surface area contributed by atoms with Crippen LogP contribution in [0.1, 0.15) is 18.4 Å². The molecular weight excluding hydrogens is 338 g/mol. The van der Waals surface area contributed by atoms with E-state index < -0.39 is 6.04 Å². The highest BCUT2D eigenvalue weighted by molar-refractivity contribution is 5.96. The van der Waals surface area contributed by atoms with Crippen LogP contribution in [0.4, 0.5) is 11.4 Å². The van der Waals surface area contributed by atoms with Gasteiger partial charge >= 0.3 is 0 Å². The van der Waals surface area contributed by atoms with Gasteiger partial charge in [-0.3, -0.25) is 9.59 Å². The number of nitrogens with two attached hydrogens (primary N) is 1. The molecule has 2 aromatic rings. The van der Waals surface area contributed by atoms with Crippen molar-refractivity contribution in [3.63, 3.8) is 0 Å². The molecule has 1 saturated carbocycles. The van der Waals surface area contributed by atoms with Gasteiger partial charge in [0.05, 0.1) is 6.04 Å². The van der Waals surface area contributed by atoms with E-state index in [1.54, 1.807) is 24.3 Å². The Balaban J connectivity index is 0.00000225. The Bertz CT molecular complexity index is 715. The summed E-state index contributed by atoms with van der Waals surface area (Å²) in [5.41, 5.74) is 8.39. The van der Waals surface area contributed by atoms with Gasteiger partial charge in [0.2, 0.25) is 11.8 Å². The number of carbonyl (C=O) groups is 2. The van der Waals surface area contributed by atoms with Gasteiger partial charge in [-0.15, -0.1) is 12.4 Å². The first kappa shape index (κ1) is 19.0. The van der Waals surface area contributed by atoms with Gasteiger partial charge in [-0.25, -0.2) is 0 Å². The molecule has 0 aromatic heterocycles. The summed E-state index contributed by atoms with van der Waals surface area (Å²) in [6, 6.07) is 16.1. The highest BCUT2D eigenvalue weighted by atomic mass is 35.5. The number of carbonyl (C=O) groups excluding carboxylic acids is 2. The van der Waals surface area contributed by atoms with Crippen molar-refractivity contribution in [3.8, 4) is 0 Å². The van der Waals surface area contributed by atoms with Gasteiger partial charge in [-0.2, -0.15) is 0 Å². The molecule has 1 unspecified atom stereocenters. The van der Waals surface area contributed by atoms with E-state index in [-0.39, 0.29) is 30.1 Å². The third-order valence-corrected chi connectivity index (χ3v) is 4.00. The number of nitrogens with one attached hydrogen (secondary N) is 2. The SMILES string of the molecule is Cl.NC(Cc1ccccc1)C(=O)Nc1ccc(NC(=O)C2CC2)cc1.